The van der Waals surface area contributed by atoms with Crippen LogP contribution in [-0.4, -0.2) is 30.4 Å². The van der Waals surface area contributed by atoms with Crippen molar-refractivity contribution in [2.75, 3.05) is 16.8 Å². The van der Waals surface area contributed by atoms with Crippen molar-refractivity contribution in [2.45, 2.75) is 13.8 Å². The molecule has 2 N–H and O–H groups in total. The molecule has 8 nitrogen and oxygen atoms in total. The zero-order chi connectivity index (χ0) is 27.6. The molecular formula is C27H20Br2ClN3O5. The number of aryl methyl sites for hydroxylation is 1. The van der Waals surface area contributed by atoms with Crippen LogP contribution in [0.15, 0.2) is 69.1 Å². The fourth-order valence-electron chi connectivity index (χ4n) is 3.72. The Kier molecular flexibility index (Phi) is 8.35. The van der Waals surface area contributed by atoms with Crippen LogP contribution in [-0.2, 0) is 14.4 Å². The first-order valence-corrected chi connectivity index (χ1v) is 13.2. The van der Waals surface area contributed by atoms with Gasteiger partial charge in [-0.3, -0.25) is 19.7 Å². The molecule has 1 aliphatic rings. The number of halogens is 3. The summed E-state index contributed by atoms with van der Waals surface area (Å²) in [5.41, 5.74) is 2.63. The van der Waals surface area contributed by atoms with Gasteiger partial charge >= 0.3 is 6.03 Å². The van der Waals surface area contributed by atoms with Gasteiger partial charge in [0.2, 0.25) is 0 Å². The number of anilines is 2. The number of rotatable bonds is 6. The summed E-state index contributed by atoms with van der Waals surface area (Å²) in [7, 11) is 0. The Morgan fingerprint density at radius 2 is 1.74 bits per heavy atom. The molecular weight excluding hydrogens is 642 g/mol. The highest BCUT2D eigenvalue weighted by atomic mass is 79.9. The van der Waals surface area contributed by atoms with Gasteiger partial charge in [-0.25, -0.2) is 9.69 Å². The van der Waals surface area contributed by atoms with E-state index in [0.29, 0.717) is 36.5 Å². The van der Waals surface area contributed by atoms with E-state index >= 15 is 0 Å². The summed E-state index contributed by atoms with van der Waals surface area (Å²) >= 11 is 13.0. The summed E-state index contributed by atoms with van der Waals surface area (Å²) in [6.07, 6.45) is 1.36. The number of imide groups is 2. The lowest BCUT2D eigenvalue weighted by atomic mass is 10.1. The van der Waals surface area contributed by atoms with Crippen molar-refractivity contribution in [3.05, 3.63) is 90.8 Å². The van der Waals surface area contributed by atoms with E-state index in [0.717, 1.165) is 10.5 Å². The van der Waals surface area contributed by atoms with Crippen LogP contribution in [0.1, 0.15) is 16.7 Å². The molecule has 0 atom stereocenters. The van der Waals surface area contributed by atoms with Gasteiger partial charge < -0.3 is 10.1 Å². The quantitative estimate of drug-likeness (QED) is 0.243. The van der Waals surface area contributed by atoms with Crippen LogP contribution < -0.4 is 20.3 Å². The normalized spacial score (nSPS) is 14.5. The Balaban J connectivity index is 1.55. The molecule has 1 heterocycles. The number of carbonyl (C=O) groups is 4. The number of hydrogen-bond acceptors (Lipinski definition) is 5. The summed E-state index contributed by atoms with van der Waals surface area (Å²) in [6, 6.07) is 14.6. The van der Waals surface area contributed by atoms with Gasteiger partial charge in [-0.1, -0.05) is 35.9 Å². The highest BCUT2D eigenvalue weighted by molar-refractivity contribution is 9.11. The molecule has 0 unspecified atom stereocenters. The summed E-state index contributed by atoms with van der Waals surface area (Å²) in [5.74, 6) is -1.59. The van der Waals surface area contributed by atoms with Gasteiger partial charge in [0.15, 0.2) is 6.61 Å². The third-order valence-electron chi connectivity index (χ3n) is 5.68. The summed E-state index contributed by atoms with van der Waals surface area (Å²) in [4.78, 5) is 51.6. The predicted octanol–water partition coefficient (Wildman–Crippen LogP) is 6.17. The van der Waals surface area contributed by atoms with E-state index < -0.39 is 17.8 Å². The second-order valence-electron chi connectivity index (χ2n) is 8.31. The number of carbonyl (C=O) groups excluding carboxylic acids is 4. The number of nitrogens with one attached hydrogen (secondary N) is 2. The van der Waals surface area contributed by atoms with Crippen molar-refractivity contribution >= 4 is 84.7 Å². The Morgan fingerprint density at radius 1 is 1.05 bits per heavy atom. The molecule has 0 saturated carbocycles. The summed E-state index contributed by atoms with van der Waals surface area (Å²) in [5, 5.41) is 5.37. The number of hydrogen-bond donors (Lipinski definition) is 2. The van der Waals surface area contributed by atoms with Gasteiger partial charge in [0.1, 0.15) is 11.3 Å². The minimum absolute atomic E-state index is 0.242. The number of ether oxygens (including phenoxy) is 1. The molecule has 1 aliphatic heterocycles. The van der Waals surface area contributed by atoms with Gasteiger partial charge in [-0.05, 0) is 98.8 Å². The van der Waals surface area contributed by atoms with E-state index in [9.17, 15) is 19.2 Å². The van der Waals surface area contributed by atoms with Crippen LogP contribution in [0.5, 0.6) is 5.75 Å². The van der Waals surface area contributed by atoms with E-state index in [1.165, 1.54) is 6.08 Å². The predicted molar refractivity (Wildman–Crippen MR) is 152 cm³/mol. The van der Waals surface area contributed by atoms with E-state index in [-0.39, 0.29) is 23.8 Å². The van der Waals surface area contributed by atoms with Gasteiger partial charge in [0, 0.05) is 10.7 Å². The molecule has 5 amide bonds. The molecule has 38 heavy (non-hydrogen) atoms. The number of amides is 5. The van der Waals surface area contributed by atoms with Crippen LogP contribution in [0.3, 0.4) is 0 Å². The average Bonchev–Trinajstić information content (AvgIpc) is 2.85. The molecule has 0 aliphatic carbocycles. The third-order valence-corrected chi connectivity index (χ3v) is 7.27. The number of urea groups is 1. The smallest absolute Gasteiger partial charge is 0.335 e. The molecule has 194 valence electrons. The molecule has 3 aromatic carbocycles. The first-order valence-electron chi connectivity index (χ1n) is 11.2. The van der Waals surface area contributed by atoms with Crippen molar-refractivity contribution < 1.29 is 23.9 Å². The maximum absolute atomic E-state index is 13.2. The highest BCUT2D eigenvalue weighted by Gasteiger charge is 2.37. The fraction of sp³-hybridized carbons (Fsp3) is 0.111. The number of nitrogens with zero attached hydrogens (tertiary/aromatic N) is 1. The monoisotopic (exact) mass is 659 g/mol. The molecule has 0 radical (unpaired) electrons. The van der Waals surface area contributed by atoms with Crippen LogP contribution in [0.2, 0.25) is 5.02 Å². The first kappa shape index (κ1) is 27.6. The van der Waals surface area contributed by atoms with Crippen LogP contribution >= 0.6 is 43.5 Å². The fourth-order valence-corrected chi connectivity index (χ4v) is 5.34. The zero-order valence-corrected chi connectivity index (χ0v) is 24.0. The number of barbiturate groups is 1. The highest BCUT2D eigenvalue weighted by Crippen LogP contribution is 2.36. The lowest BCUT2D eigenvalue weighted by Gasteiger charge is -2.27. The van der Waals surface area contributed by atoms with E-state index in [4.69, 9.17) is 16.3 Å². The molecule has 0 spiro atoms. The van der Waals surface area contributed by atoms with Gasteiger partial charge in [-0.15, -0.1) is 0 Å². The van der Waals surface area contributed by atoms with Crippen molar-refractivity contribution in [1.82, 2.24) is 5.32 Å². The Bertz CT molecular complexity index is 1500. The Hall–Kier alpha value is -3.47. The largest absolute Gasteiger partial charge is 0.481 e. The Morgan fingerprint density at radius 3 is 2.42 bits per heavy atom. The number of para-hydroxylation sites is 1. The standard InChI is InChI=1S/C27H20Br2ClN3O5/c1-14-6-3-4-8-21(14)31-23(34)13-38-24-18(28)11-16(12-19(24)29)10-17-25(35)32-27(37)33(26(17)36)22-9-5-7-20(30)15(22)2/h3-12H,13H2,1-2H3,(H,31,34)(H,32,35,37)/b17-10-. The van der Waals surface area contributed by atoms with Crippen molar-refractivity contribution in [3.8, 4) is 5.75 Å². The lowest BCUT2D eigenvalue weighted by molar-refractivity contribution is -0.122. The van der Waals surface area contributed by atoms with Crippen molar-refractivity contribution in [1.29, 1.82) is 0 Å². The maximum atomic E-state index is 13.2. The summed E-state index contributed by atoms with van der Waals surface area (Å²) < 4.78 is 6.66. The average molecular weight is 662 g/mol. The van der Waals surface area contributed by atoms with Crippen LogP contribution in [0.25, 0.3) is 6.08 Å². The zero-order valence-electron chi connectivity index (χ0n) is 20.1. The summed E-state index contributed by atoms with van der Waals surface area (Å²) in [6.45, 7) is 3.31. The second-order valence-corrected chi connectivity index (χ2v) is 10.4. The lowest BCUT2D eigenvalue weighted by Crippen LogP contribution is -2.54. The van der Waals surface area contributed by atoms with Crippen molar-refractivity contribution in [3.63, 3.8) is 0 Å². The van der Waals surface area contributed by atoms with Gasteiger partial charge in [-0.2, -0.15) is 0 Å². The third kappa shape index (κ3) is 5.82. The van der Waals surface area contributed by atoms with Crippen LogP contribution in [0.4, 0.5) is 16.2 Å². The first-order chi connectivity index (χ1) is 18.1. The van der Waals surface area contributed by atoms with E-state index in [1.54, 1.807) is 43.3 Å². The topological polar surface area (TPSA) is 105 Å². The SMILES string of the molecule is Cc1ccccc1NC(=O)COc1c(Br)cc(/C=C2/C(=O)NC(=O)N(c3cccc(Cl)c3C)C2=O)cc1Br. The minimum atomic E-state index is -0.863. The minimum Gasteiger partial charge on any atom is -0.481 e. The molecule has 1 fully saturated rings. The molecule has 0 aromatic heterocycles. The van der Waals surface area contributed by atoms with Crippen molar-refractivity contribution in [2.24, 2.45) is 0 Å². The molecule has 1 saturated heterocycles. The number of benzene rings is 3. The molecule has 3 aromatic rings. The van der Waals surface area contributed by atoms with E-state index in [2.05, 4.69) is 42.5 Å². The second kappa shape index (κ2) is 11.5. The van der Waals surface area contributed by atoms with Gasteiger partial charge in [0.25, 0.3) is 17.7 Å². The molecule has 0 bridgehead atoms. The maximum Gasteiger partial charge on any atom is 0.335 e. The van der Waals surface area contributed by atoms with Gasteiger partial charge in [0.05, 0.1) is 14.6 Å². The Labute approximate surface area is 240 Å². The van der Waals surface area contributed by atoms with E-state index in [1.807, 2.05) is 25.1 Å². The molecule has 4 rings (SSSR count). The molecule has 11 heteroatoms. The van der Waals surface area contributed by atoms with Crippen LogP contribution in [0, 0.1) is 13.8 Å².